The molecule has 0 fully saturated rings. The van der Waals surface area contributed by atoms with Crippen molar-refractivity contribution in [1.29, 1.82) is 0 Å². The Morgan fingerprint density at radius 3 is 2.60 bits per heavy atom. The molecule has 82 valence electrons. The van der Waals surface area contributed by atoms with Gasteiger partial charge < -0.3 is 10.1 Å². The molecule has 1 rings (SSSR count). The molecule has 0 heterocycles. The van der Waals surface area contributed by atoms with Crippen molar-refractivity contribution in [3.8, 4) is 0 Å². The first-order valence-electron chi connectivity index (χ1n) is 3.99. The molecule has 6 heteroatoms. The summed E-state index contributed by atoms with van der Waals surface area (Å²) < 4.78 is 37.1. The van der Waals surface area contributed by atoms with E-state index < -0.39 is 11.7 Å². The zero-order chi connectivity index (χ0) is 11.5. The monoisotopic (exact) mass is 237 g/mol. The van der Waals surface area contributed by atoms with Gasteiger partial charge in [-0.25, -0.2) is 0 Å². The Kier molecular flexibility index (Phi) is 3.57. The molecule has 0 aliphatic carbocycles. The molecule has 1 aromatic carbocycles. The molecule has 0 aliphatic heterocycles. The second kappa shape index (κ2) is 4.53. The minimum atomic E-state index is -4.49. The number of halogens is 4. The van der Waals surface area contributed by atoms with Crippen molar-refractivity contribution in [2.75, 3.05) is 11.9 Å². The van der Waals surface area contributed by atoms with Crippen LogP contribution in [0.1, 0.15) is 5.56 Å². The quantitative estimate of drug-likeness (QED) is 0.819. The van der Waals surface area contributed by atoms with Crippen LogP contribution in [0.3, 0.4) is 0 Å². The molecule has 0 spiro atoms. The Morgan fingerprint density at radius 1 is 1.40 bits per heavy atom. The Hall–Kier alpha value is -1.23. The number of carbonyl (C=O) groups is 1. The van der Waals surface area contributed by atoms with Crippen LogP contribution in [-0.2, 0) is 11.0 Å². The van der Waals surface area contributed by atoms with Crippen molar-refractivity contribution in [2.45, 2.75) is 6.18 Å². The van der Waals surface area contributed by atoms with E-state index in [1.165, 1.54) is 6.07 Å². The van der Waals surface area contributed by atoms with Gasteiger partial charge in [0.1, 0.15) is 6.29 Å². The van der Waals surface area contributed by atoms with Gasteiger partial charge in [-0.1, -0.05) is 11.6 Å². The van der Waals surface area contributed by atoms with E-state index in [2.05, 4.69) is 5.32 Å². The molecule has 1 N–H and O–H groups in total. The molecule has 0 unspecified atom stereocenters. The molecule has 15 heavy (non-hydrogen) atoms. The Bertz CT molecular complexity index is 365. The highest BCUT2D eigenvalue weighted by Gasteiger charge is 2.33. The van der Waals surface area contributed by atoms with E-state index in [-0.39, 0.29) is 17.3 Å². The standard InChI is InChI=1S/C9H7ClF3NO/c10-8-2-1-6(14-3-4-15)5-7(8)9(11,12)13/h1-2,4-5,14H,3H2. The summed E-state index contributed by atoms with van der Waals surface area (Å²) in [6.07, 6.45) is -3.93. The fraction of sp³-hybridized carbons (Fsp3) is 0.222. The van der Waals surface area contributed by atoms with Crippen LogP contribution < -0.4 is 5.32 Å². The smallest absolute Gasteiger partial charge is 0.378 e. The van der Waals surface area contributed by atoms with Crippen LogP contribution in [0.25, 0.3) is 0 Å². The van der Waals surface area contributed by atoms with Crippen LogP contribution in [0.5, 0.6) is 0 Å². The first-order valence-corrected chi connectivity index (χ1v) is 4.37. The van der Waals surface area contributed by atoms with E-state index in [0.717, 1.165) is 12.1 Å². The molecule has 0 amide bonds. The normalized spacial score (nSPS) is 11.2. The first-order chi connectivity index (χ1) is 6.95. The molecule has 1 aromatic rings. The van der Waals surface area contributed by atoms with Gasteiger partial charge in [-0.05, 0) is 18.2 Å². The highest BCUT2D eigenvalue weighted by molar-refractivity contribution is 6.31. The van der Waals surface area contributed by atoms with Crippen LogP contribution >= 0.6 is 11.6 Å². The molecular weight excluding hydrogens is 231 g/mol. The van der Waals surface area contributed by atoms with Crippen LogP contribution in [-0.4, -0.2) is 12.8 Å². The number of aldehydes is 1. The van der Waals surface area contributed by atoms with Crippen molar-refractivity contribution >= 4 is 23.6 Å². The maximum Gasteiger partial charge on any atom is 0.417 e. The summed E-state index contributed by atoms with van der Waals surface area (Å²) in [5.74, 6) is 0. The van der Waals surface area contributed by atoms with Gasteiger partial charge in [0.05, 0.1) is 17.1 Å². The predicted molar refractivity (Wildman–Crippen MR) is 51.0 cm³/mol. The highest BCUT2D eigenvalue weighted by Crippen LogP contribution is 2.36. The molecule has 2 nitrogen and oxygen atoms in total. The lowest BCUT2D eigenvalue weighted by atomic mass is 10.2. The van der Waals surface area contributed by atoms with Crippen molar-refractivity contribution in [3.05, 3.63) is 28.8 Å². The van der Waals surface area contributed by atoms with E-state index in [9.17, 15) is 18.0 Å². The predicted octanol–water partition coefficient (Wildman–Crippen LogP) is 2.97. The molecule has 0 atom stereocenters. The SMILES string of the molecule is O=CCNc1ccc(Cl)c(C(F)(F)F)c1. The van der Waals surface area contributed by atoms with Crippen LogP contribution in [0.4, 0.5) is 18.9 Å². The molecule has 0 bridgehead atoms. The molecule has 0 saturated heterocycles. The zero-order valence-corrected chi connectivity index (χ0v) is 8.19. The topological polar surface area (TPSA) is 29.1 Å². The summed E-state index contributed by atoms with van der Waals surface area (Å²) >= 11 is 5.40. The Morgan fingerprint density at radius 2 is 2.07 bits per heavy atom. The van der Waals surface area contributed by atoms with Gasteiger partial charge in [-0.3, -0.25) is 0 Å². The maximum atomic E-state index is 12.4. The molecule has 0 radical (unpaired) electrons. The van der Waals surface area contributed by atoms with Crippen molar-refractivity contribution in [3.63, 3.8) is 0 Å². The van der Waals surface area contributed by atoms with Gasteiger partial charge in [-0.2, -0.15) is 13.2 Å². The average Bonchev–Trinajstić information content (AvgIpc) is 2.15. The van der Waals surface area contributed by atoms with Crippen molar-refractivity contribution in [2.24, 2.45) is 0 Å². The summed E-state index contributed by atoms with van der Waals surface area (Å²) in [6, 6.07) is 3.38. The third-order valence-electron chi connectivity index (χ3n) is 1.66. The summed E-state index contributed by atoms with van der Waals surface area (Å²) in [4.78, 5) is 10.0. The minimum absolute atomic E-state index is 0.0427. The van der Waals surface area contributed by atoms with Crippen molar-refractivity contribution in [1.82, 2.24) is 0 Å². The van der Waals surface area contributed by atoms with Gasteiger partial charge in [-0.15, -0.1) is 0 Å². The summed E-state index contributed by atoms with van der Waals surface area (Å²) in [6.45, 7) is -0.0427. The molecule has 0 saturated carbocycles. The summed E-state index contributed by atoms with van der Waals surface area (Å²) in [5.41, 5.74) is -0.709. The number of anilines is 1. The molecule has 0 aromatic heterocycles. The average molecular weight is 238 g/mol. The van der Waals surface area contributed by atoms with E-state index in [4.69, 9.17) is 11.6 Å². The Labute approximate surface area is 89.0 Å². The molecule has 0 aliphatic rings. The van der Waals surface area contributed by atoms with E-state index in [0.29, 0.717) is 6.29 Å². The van der Waals surface area contributed by atoms with Gasteiger partial charge in [0, 0.05) is 5.69 Å². The second-order valence-corrected chi connectivity index (χ2v) is 3.15. The van der Waals surface area contributed by atoms with Gasteiger partial charge in [0.15, 0.2) is 0 Å². The number of benzene rings is 1. The fourth-order valence-electron chi connectivity index (χ4n) is 1.01. The number of alkyl halides is 3. The number of nitrogens with one attached hydrogen (secondary N) is 1. The number of hydrogen-bond acceptors (Lipinski definition) is 2. The number of hydrogen-bond donors (Lipinski definition) is 1. The maximum absolute atomic E-state index is 12.4. The van der Waals surface area contributed by atoms with Gasteiger partial charge in [0.25, 0.3) is 0 Å². The second-order valence-electron chi connectivity index (χ2n) is 2.74. The van der Waals surface area contributed by atoms with Crippen LogP contribution in [0.15, 0.2) is 18.2 Å². The van der Waals surface area contributed by atoms with E-state index in [1.807, 2.05) is 0 Å². The van der Waals surface area contributed by atoms with Gasteiger partial charge >= 0.3 is 6.18 Å². The first kappa shape index (κ1) is 11.8. The third-order valence-corrected chi connectivity index (χ3v) is 1.99. The van der Waals surface area contributed by atoms with E-state index >= 15 is 0 Å². The largest absolute Gasteiger partial charge is 0.417 e. The zero-order valence-electron chi connectivity index (χ0n) is 7.44. The lowest BCUT2D eigenvalue weighted by molar-refractivity contribution is -0.137. The third kappa shape index (κ3) is 3.13. The highest BCUT2D eigenvalue weighted by atomic mass is 35.5. The lowest BCUT2D eigenvalue weighted by Gasteiger charge is -2.11. The summed E-state index contributed by atoms with van der Waals surface area (Å²) in [7, 11) is 0. The number of rotatable bonds is 3. The minimum Gasteiger partial charge on any atom is -0.378 e. The lowest BCUT2D eigenvalue weighted by Crippen LogP contribution is -2.08. The van der Waals surface area contributed by atoms with Crippen LogP contribution in [0.2, 0.25) is 5.02 Å². The summed E-state index contributed by atoms with van der Waals surface area (Å²) in [5, 5.41) is 2.15. The fourth-order valence-corrected chi connectivity index (χ4v) is 1.24. The Balaban J connectivity index is 3.00. The van der Waals surface area contributed by atoms with Crippen molar-refractivity contribution < 1.29 is 18.0 Å². The molecular formula is C9H7ClF3NO. The van der Waals surface area contributed by atoms with Gasteiger partial charge in [0.2, 0.25) is 0 Å². The number of carbonyl (C=O) groups excluding carboxylic acids is 1. The van der Waals surface area contributed by atoms with Crippen LogP contribution in [0, 0.1) is 0 Å². The van der Waals surface area contributed by atoms with E-state index in [1.54, 1.807) is 0 Å².